The smallest absolute Gasteiger partial charge is 0.161 e. The zero-order valence-electron chi connectivity index (χ0n) is 16.5. The zero-order chi connectivity index (χ0) is 18.4. The van der Waals surface area contributed by atoms with Crippen LogP contribution in [-0.4, -0.2) is 43.5 Å². The lowest BCUT2D eigenvalue weighted by Crippen LogP contribution is -2.42. The second-order valence-corrected chi connectivity index (χ2v) is 7.21. The summed E-state index contributed by atoms with van der Waals surface area (Å²) in [6, 6.07) is 6.59. The summed E-state index contributed by atoms with van der Waals surface area (Å²) in [5, 5.41) is 4.64. The van der Waals surface area contributed by atoms with Crippen LogP contribution in [0.4, 0.5) is 0 Å². The molecule has 0 aliphatic carbocycles. The van der Waals surface area contributed by atoms with Crippen molar-refractivity contribution in [1.29, 1.82) is 0 Å². The largest absolute Gasteiger partial charge is 0.490 e. The van der Waals surface area contributed by atoms with E-state index in [1.165, 1.54) is 24.2 Å². The van der Waals surface area contributed by atoms with Crippen molar-refractivity contribution in [1.82, 2.24) is 10.3 Å². The van der Waals surface area contributed by atoms with Crippen LogP contribution in [0.25, 0.3) is 0 Å². The Morgan fingerprint density at radius 2 is 2.04 bits per heavy atom. The fourth-order valence-corrected chi connectivity index (χ4v) is 3.87. The summed E-state index contributed by atoms with van der Waals surface area (Å²) in [6.45, 7) is 11.2. The van der Waals surface area contributed by atoms with E-state index in [1.54, 1.807) is 0 Å². The van der Waals surface area contributed by atoms with Gasteiger partial charge in [0, 0.05) is 31.1 Å². The highest BCUT2D eigenvalue weighted by molar-refractivity contribution is 5.90. The van der Waals surface area contributed by atoms with Crippen LogP contribution in [0.5, 0.6) is 11.5 Å². The lowest BCUT2D eigenvalue weighted by molar-refractivity contribution is 0.228. The summed E-state index contributed by atoms with van der Waals surface area (Å²) in [7, 11) is 0. The number of hydrogen-bond donors (Lipinski definition) is 1. The predicted molar refractivity (Wildman–Crippen MR) is 106 cm³/mol. The standard InChI is InChI=1S/C21H33N3O2/c1-4-7-13-26-19-9-8-16(14-20(19)25-6-3)21-17-15-24(11-5-2)12-10-18(17)22-23-21/h8-9,14,17,21,23H,4-7,10-13,15H2,1-3H3. The Morgan fingerprint density at radius 3 is 2.81 bits per heavy atom. The second-order valence-electron chi connectivity index (χ2n) is 7.21. The Kier molecular flexibility index (Phi) is 6.78. The van der Waals surface area contributed by atoms with Crippen LogP contribution in [0.3, 0.4) is 0 Å². The van der Waals surface area contributed by atoms with Gasteiger partial charge in [0.25, 0.3) is 0 Å². The monoisotopic (exact) mass is 359 g/mol. The average molecular weight is 360 g/mol. The van der Waals surface area contributed by atoms with Crippen LogP contribution in [0.15, 0.2) is 23.3 Å². The Labute approximate surface area is 157 Å². The summed E-state index contributed by atoms with van der Waals surface area (Å²) < 4.78 is 11.8. The first-order chi connectivity index (χ1) is 12.8. The van der Waals surface area contributed by atoms with E-state index in [-0.39, 0.29) is 6.04 Å². The van der Waals surface area contributed by atoms with Crippen LogP contribution < -0.4 is 14.9 Å². The molecular weight excluding hydrogens is 326 g/mol. The van der Waals surface area contributed by atoms with Crippen molar-refractivity contribution in [3.63, 3.8) is 0 Å². The molecule has 2 aliphatic rings. The minimum absolute atomic E-state index is 0.230. The molecule has 2 atom stereocenters. The van der Waals surface area contributed by atoms with Crippen molar-refractivity contribution in [3.05, 3.63) is 23.8 Å². The number of hydrazone groups is 1. The van der Waals surface area contributed by atoms with E-state index < -0.39 is 0 Å². The average Bonchev–Trinajstić information content (AvgIpc) is 3.07. The van der Waals surface area contributed by atoms with E-state index >= 15 is 0 Å². The molecule has 0 aromatic heterocycles. The minimum atomic E-state index is 0.230. The van der Waals surface area contributed by atoms with E-state index in [2.05, 4.69) is 47.5 Å². The molecule has 0 bridgehead atoms. The molecule has 0 amide bonds. The van der Waals surface area contributed by atoms with Crippen molar-refractivity contribution in [3.8, 4) is 11.5 Å². The number of piperidine rings is 1. The van der Waals surface area contributed by atoms with E-state index in [1.807, 2.05) is 6.92 Å². The van der Waals surface area contributed by atoms with Crippen molar-refractivity contribution in [2.45, 2.75) is 52.5 Å². The first kappa shape index (κ1) is 19.0. The Morgan fingerprint density at radius 1 is 1.15 bits per heavy atom. The van der Waals surface area contributed by atoms with Gasteiger partial charge in [-0.2, -0.15) is 5.10 Å². The molecule has 26 heavy (non-hydrogen) atoms. The molecule has 0 spiro atoms. The highest BCUT2D eigenvalue weighted by atomic mass is 16.5. The SMILES string of the molecule is CCCCOc1ccc(C2NN=C3CCN(CCC)CC32)cc1OCC. The normalized spacial score (nSPS) is 22.5. The number of nitrogens with one attached hydrogen (secondary N) is 1. The molecule has 1 aromatic carbocycles. The summed E-state index contributed by atoms with van der Waals surface area (Å²) in [5.41, 5.74) is 5.94. The van der Waals surface area contributed by atoms with Gasteiger partial charge in [-0.3, -0.25) is 0 Å². The van der Waals surface area contributed by atoms with Gasteiger partial charge < -0.3 is 19.8 Å². The van der Waals surface area contributed by atoms with Gasteiger partial charge in [-0.1, -0.05) is 26.3 Å². The molecule has 2 heterocycles. The van der Waals surface area contributed by atoms with E-state index in [0.29, 0.717) is 12.5 Å². The second kappa shape index (κ2) is 9.26. The van der Waals surface area contributed by atoms with Gasteiger partial charge in [0.1, 0.15) is 0 Å². The number of likely N-dealkylation sites (tertiary alicyclic amines) is 1. The lowest BCUT2D eigenvalue weighted by atomic mass is 9.86. The van der Waals surface area contributed by atoms with E-state index in [9.17, 15) is 0 Å². The third-order valence-corrected chi connectivity index (χ3v) is 5.24. The first-order valence-corrected chi connectivity index (χ1v) is 10.2. The number of hydrogen-bond acceptors (Lipinski definition) is 5. The number of unbranched alkanes of at least 4 members (excludes halogenated alkanes) is 1. The van der Waals surface area contributed by atoms with Crippen molar-refractivity contribution in [2.75, 3.05) is 32.8 Å². The van der Waals surface area contributed by atoms with Crippen LogP contribution >= 0.6 is 0 Å². The number of nitrogens with zero attached hydrogens (tertiary/aromatic N) is 2. The number of rotatable bonds is 9. The van der Waals surface area contributed by atoms with Crippen molar-refractivity contribution in [2.24, 2.45) is 11.0 Å². The quantitative estimate of drug-likeness (QED) is 0.677. The topological polar surface area (TPSA) is 46.1 Å². The van der Waals surface area contributed by atoms with Gasteiger partial charge >= 0.3 is 0 Å². The molecule has 0 radical (unpaired) electrons. The molecule has 1 fully saturated rings. The molecule has 1 aromatic rings. The third kappa shape index (κ3) is 4.32. The van der Waals surface area contributed by atoms with Crippen molar-refractivity contribution >= 4 is 5.71 Å². The zero-order valence-corrected chi connectivity index (χ0v) is 16.5. The molecule has 2 aliphatic heterocycles. The summed E-state index contributed by atoms with van der Waals surface area (Å²) in [5.74, 6) is 2.15. The Hall–Kier alpha value is -1.75. The van der Waals surface area contributed by atoms with Crippen molar-refractivity contribution < 1.29 is 9.47 Å². The van der Waals surface area contributed by atoms with E-state index in [4.69, 9.17) is 9.47 Å². The summed E-state index contributed by atoms with van der Waals surface area (Å²) in [4.78, 5) is 2.56. The van der Waals surface area contributed by atoms with Gasteiger partial charge in [0.15, 0.2) is 11.5 Å². The van der Waals surface area contributed by atoms with Gasteiger partial charge in [-0.25, -0.2) is 0 Å². The van der Waals surface area contributed by atoms with Crippen LogP contribution in [0.2, 0.25) is 0 Å². The molecular formula is C21H33N3O2. The Balaban J connectivity index is 1.74. The first-order valence-electron chi connectivity index (χ1n) is 10.2. The molecule has 3 rings (SSSR count). The highest BCUT2D eigenvalue weighted by Crippen LogP contribution is 2.37. The summed E-state index contributed by atoms with van der Waals surface area (Å²) in [6.07, 6.45) is 4.47. The third-order valence-electron chi connectivity index (χ3n) is 5.24. The number of fused-ring (bicyclic) bond motifs is 1. The number of ether oxygens (including phenoxy) is 2. The maximum Gasteiger partial charge on any atom is 0.161 e. The molecule has 0 saturated carbocycles. The molecule has 1 N–H and O–H groups in total. The van der Waals surface area contributed by atoms with Gasteiger partial charge in [-0.05, 0) is 44.0 Å². The molecule has 5 heteroatoms. The van der Waals surface area contributed by atoms with Crippen LogP contribution in [-0.2, 0) is 0 Å². The molecule has 1 saturated heterocycles. The fraction of sp³-hybridized carbons (Fsp3) is 0.667. The predicted octanol–water partition coefficient (Wildman–Crippen LogP) is 4.00. The van der Waals surface area contributed by atoms with Gasteiger partial charge in [0.2, 0.25) is 0 Å². The maximum atomic E-state index is 5.92. The molecule has 5 nitrogen and oxygen atoms in total. The Bertz CT molecular complexity index is 617. The van der Waals surface area contributed by atoms with Crippen LogP contribution in [0, 0.1) is 5.92 Å². The maximum absolute atomic E-state index is 5.92. The van der Waals surface area contributed by atoms with Crippen LogP contribution in [0.1, 0.15) is 58.1 Å². The minimum Gasteiger partial charge on any atom is -0.490 e. The van der Waals surface area contributed by atoms with E-state index in [0.717, 1.165) is 50.5 Å². The summed E-state index contributed by atoms with van der Waals surface area (Å²) >= 11 is 0. The highest BCUT2D eigenvalue weighted by Gasteiger charge is 2.37. The van der Waals surface area contributed by atoms with Gasteiger partial charge in [0.05, 0.1) is 19.3 Å². The molecule has 2 unspecified atom stereocenters. The van der Waals surface area contributed by atoms with Gasteiger partial charge in [-0.15, -0.1) is 0 Å². The fourth-order valence-electron chi connectivity index (χ4n) is 3.87. The lowest BCUT2D eigenvalue weighted by Gasteiger charge is -2.33. The molecule has 144 valence electrons. The number of benzene rings is 1.